The molecule has 0 bridgehead atoms. The molecule has 0 saturated carbocycles. The van der Waals surface area contributed by atoms with Crippen LogP contribution in [0, 0.1) is 0 Å². The van der Waals surface area contributed by atoms with Crippen molar-refractivity contribution in [2.45, 2.75) is 18.9 Å². The highest BCUT2D eigenvalue weighted by Gasteiger charge is 2.22. The minimum absolute atomic E-state index is 0.00495. The molecule has 1 aliphatic heterocycles. The average Bonchev–Trinajstić information content (AvgIpc) is 2.18. The van der Waals surface area contributed by atoms with Crippen LogP contribution in [0.5, 0.6) is 0 Å². The number of allylic oxidation sites excluding steroid dienone is 1. The van der Waals surface area contributed by atoms with E-state index in [-0.39, 0.29) is 11.8 Å². The average molecular weight is 196 g/mol. The Balaban J connectivity index is 2.04. The molecule has 1 fully saturated rings. The lowest BCUT2D eigenvalue weighted by Crippen LogP contribution is -2.40. The number of rotatable bonds is 1. The molecule has 4 heteroatoms. The summed E-state index contributed by atoms with van der Waals surface area (Å²) in [4.78, 5) is 13.5. The molecule has 1 unspecified atom stereocenters. The summed E-state index contributed by atoms with van der Waals surface area (Å²) in [5.41, 5.74) is 6.90. The van der Waals surface area contributed by atoms with Crippen molar-refractivity contribution in [3.05, 3.63) is 11.8 Å². The molecule has 1 atom stereocenters. The van der Waals surface area contributed by atoms with Gasteiger partial charge in [-0.3, -0.25) is 4.79 Å². The Labute approximate surface area is 83.7 Å². The van der Waals surface area contributed by atoms with Crippen LogP contribution in [0.1, 0.15) is 12.8 Å². The topological polar surface area (TPSA) is 55.6 Å². The van der Waals surface area contributed by atoms with Gasteiger partial charge in [0.1, 0.15) is 0 Å². The number of hydrogen-bond donors (Lipinski definition) is 1. The number of carbonyl (C=O) groups is 1. The van der Waals surface area contributed by atoms with E-state index in [9.17, 15) is 4.79 Å². The van der Waals surface area contributed by atoms with Crippen LogP contribution in [0.25, 0.3) is 0 Å². The molecule has 1 saturated heterocycles. The lowest BCUT2D eigenvalue weighted by atomic mass is 9.98. The molecule has 4 nitrogen and oxygen atoms in total. The second kappa shape index (κ2) is 4.11. The number of ketones is 1. The number of nitrogens with two attached hydrogens (primary N) is 1. The zero-order valence-corrected chi connectivity index (χ0v) is 8.24. The van der Waals surface area contributed by atoms with Gasteiger partial charge in [0, 0.05) is 43.7 Å². The van der Waals surface area contributed by atoms with Crippen LogP contribution in [0.2, 0.25) is 0 Å². The maximum absolute atomic E-state index is 11.3. The highest BCUT2D eigenvalue weighted by Crippen LogP contribution is 2.19. The quantitative estimate of drug-likeness (QED) is 0.636. The van der Waals surface area contributed by atoms with Crippen molar-refractivity contribution in [3.63, 3.8) is 0 Å². The smallest absolute Gasteiger partial charge is 0.158 e. The molecule has 2 N–H and O–H groups in total. The van der Waals surface area contributed by atoms with Gasteiger partial charge in [-0.05, 0) is 0 Å². The van der Waals surface area contributed by atoms with Crippen molar-refractivity contribution in [3.8, 4) is 0 Å². The lowest BCUT2D eigenvalue weighted by Gasteiger charge is -2.33. The molecule has 2 rings (SSSR count). The second-order valence-electron chi connectivity index (χ2n) is 3.87. The summed E-state index contributed by atoms with van der Waals surface area (Å²) in [7, 11) is 0. The van der Waals surface area contributed by atoms with Crippen molar-refractivity contribution in [1.29, 1.82) is 0 Å². The summed E-state index contributed by atoms with van der Waals surface area (Å²) in [5, 5.41) is 0. The molecular formula is C10H16N2O2. The van der Waals surface area contributed by atoms with E-state index in [1.54, 1.807) is 6.08 Å². The van der Waals surface area contributed by atoms with Crippen molar-refractivity contribution >= 4 is 5.78 Å². The third-order valence-electron chi connectivity index (χ3n) is 2.68. The third kappa shape index (κ3) is 2.13. The van der Waals surface area contributed by atoms with E-state index < -0.39 is 0 Å². The van der Waals surface area contributed by atoms with Gasteiger partial charge in [-0.2, -0.15) is 0 Å². The zero-order chi connectivity index (χ0) is 9.97. The largest absolute Gasteiger partial charge is 0.378 e. The Morgan fingerprint density at radius 3 is 2.71 bits per heavy atom. The molecule has 1 heterocycles. The summed E-state index contributed by atoms with van der Waals surface area (Å²) in [5.74, 6) is 0.158. The Kier molecular flexibility index (Phi) is 2.84. The van der Waals surface area contributed by atoms with Crippen LogP contribution in [0.15, 0.2) is 11.8 Å². The Morgan fingerprint density at radius 2 is 2.07 bits per heavy atom. The van der Waals surface area contributed by atoms with E-state index in [1.807, 2.05) is 0 Å². The predicted molar refractivity (Wildman–Crippen MR) is 52.7 cm³/mol. The van der Waals surface area contributed by atoms with Crippen LogP contribution in [-0.2, 0) is 9.53 Å². The Morgan fingerprint density at radius 1 is 1.36 bits per heavy atom. The molecule has 0 amide bonds. The summed E-state index contributed by atoms with van der Waals surface area (Å²) >= 11 is 0. The van der Waals surface area contributed by atoms with E-state index in [1.165, 1.54) is 0 Å². The number of carbonyl (C=O) groups excluding carboxylic acids is 1. The molecule has 78 valence electrons. The van der Waals surface area contributed by atoms with Crippen LogP contribution in [0.4, 0.5) is 0 Å². The SMILES string of the molecule is NC1CC(=O)C=C(N2CCOCC2)C1. The molecule has 14 heavy (non-hydrogen) atoms. The summed E-state index contributed by atoms with van der Waals surface area (Å²) in [6.45, 7) is 3.26. The Bertz CT molecular complexity index is 257. The minimum atomic E-state index is 0.00495. The molecule has 0 aromatic rings. The molecule has 1 aliphatic carbocycles. The normalized spacial score (nSPS) is 28.9. The number of hydrogen-bond acceptors (Lipinski definition) is 4. The van der Waals surface area contributed by atoms with Gasteiger partial charge in [-0.15, -0.1) is 0 Å². The van der Waals surface area contributed by atoms with Crippen LogP contribution in [0.3, 0.4) is 0 Å². The van der Waals surface area contributed by atoms with Gasteiger partial charge in [0.05, 0.1) is 13.2 Å². The number of nitrogens with zero attached hydrogens (tertiary/aromatic N) is 1. The van der Waals surface area contributed by atoms with Crippen molar-refractivity contribution in [2.24, 2.45) is 5.73 Å². The fourth-order valence-corrected chi connectivity index (χ4v) is 1.97. The number of morpholine rings is 1. The van der Waals surface area contributed by atoms with E-state index in [0.29, 0.717) is 6.42 Å². The maximum Gasteiger partial charge on any atom is 0.158 e. The monoisotopic (exact) mass is 196 g/mol. The van der Waals surface area contributed by atoms with Crippen molar-refractivity contribution in [1.82, 2.24) is 4.90 Å². The predicted octanol–water partition coefficient (Wildman–Crippen LogP) is -0.107. The van der Waals surface area contributed by atoms with E-state index in [4.69, 9.17) is 10.5 Å². The zero-order valence-electron chi connectivity index (χ0n) is 8.24. The van der Waals surface area contributed by atoms with Gasteiger partial charge in [0.2, 0.25) is 0 Å². The summed E-state index contributed by atoms with van der Waals surface area (Å²) in [6, 6.07) is 0.00495. The molecule has 0 radical (unpaired) electrons. The maximum atomic E-state index is 11.3. The highest BCUT2D eigenvalue weighted by atomic mass is 16.5. The standard InChI is InChI=1S/C10H16N2O2/c11-8-5-9(7-10(13)6-8)12-1-3-14-4-2-12/h7-8H,1-6,11H2. The van der Waals surface area contributed by atoms with Crippen LogP contribution < -0.4 is 5.73 Å². The Hall–Kier alpha value is -0.870. The first-order valence-corrected chi connectivity index (χ1v) is 5.07. The van der Waals surface area contributed by atoms with Gasteiger partial charge >= 0.3 is 0 Å². The lowest BCUT2D eigenvalue weighted by molar-refractivity contribution is -0.115. The molecule has 2 aliphatic rings. The number of ether oxygens (including phenoxy) is 1. The van der Waals surface area contributed by atoms with Crippen molar-refractivity contribution < 1.29 is 9.53 Å². The van der Waals surface area contributed by atoms with Crippen molar-refractivity contribution in [2.75, 3.05) is 26.3 Å². The first-order chi connectivity index (χ1) is 6.75. The fraction of sp³-hybridized carbons (Fsp3) is 0.700. The van der Waals surface area contributed by atoms with E-state index in [2.05, 4.69) is 4.90 Å². The first-order valence-electron chi connectivity index (χ1n) is 5.07. The van der Waals surface area contributed by atoms with Crippen LogP contribution in [-0.4, -0.2) is 43.0 Å². The third-order valence-corrected chi connectivity index (χ3v) is 2.68. The first kappa shape index (κ1) is 9.68. The second-order valence-corrected chi connectivity index (χ2v) is 3.87. The van der Waals surface area contributed by atoms with Gasteiger partial charge < -0.3 is 15.4 Å². The van der Waals surface area contributed by atoms with Gasteiger partial charge in [-0.25, -0.2) is 0 Å². The van der Waals surface area contributed by atoms with Gasteiger partial charge in [0.15, 0.2) is 5.78 Å². The highest BCUT2D eigenvalue weighted by molar-refractivity contribution is 5.91. The molecule has 0 aromatic carbocycles. The molecule has 0 aromatic heterocycles. The summed E-state index contributed by atoms with van der Waals surface area (Å²) in [6.07, 6.45) is 3.06. The van der Waals surface area contributed by atoms with Gasteiger partial charge in [0.25, 0.3) is 0 Å². The molecule has 0 spiro atoms. The fourth-order valence-electron chi connectivity index (χ4n) is 1.97. The molecular weight excluding hydrogens is 180 g/mol. The van der Waals surface area contributed by atoms with Crippen LogP contribution >= 0.6 is 0 Å². The van der Waals surface area contributed by atoms with E-state index in [0.717, 1.165) is 38.4 Å². The summed E-state index contributed by atoms with van der Waals surface area (Å²) < 4.78 is 5.26. The minimum Gasteiger partial charge on any atom is -0.378 e. The van der Waals surface area contributed by atoms with Gasteiger partial charge in [-0.1, -0.05) is 0 Å². The van der Waals surface area contributed by atoms with E-state index >= 15 is 0 Å².